The summed E-state index contributed by atoms with van der Waals surface area (Å²) in [5.74, 6) is 0.0357. The zero-order valence-electron chi connectivity index (χ0n) is 13.1. The number of aryl methyl sites for hydroxylation is 2. The third-order valence-corrected chi connectivity index (χ3v) is 3.58. The predicted molar refractivity (Wildman–Crippen MR) is 87.1 cm³/mol. The molecule has 118 valence electrons. The van der Waals surface area contributed by atoms with Crippen LogP contribution in [0.15, 0.2) is 29.1 Å². The van der Waals surface area contributed by atoms with E-state index < -0.39 is 0 Å². The van der Waals surface area contributed by atoms with Crippen LogP contribution in [-0.2, 0) is 16.0 Å². The molecule has 1 aromatic heterocycles. The van der Waals surface area contributed by atoms with Crippen LogP contribution in [0.1, 0.15) is 24.0 Å². The molecular weight excluding hydrogens is 280 g/mol. The number of hydrogen-bond donors (Lipinski definition) is 2. The summed E-state index contributed by atoms with van der Waals surface area (Å²) >= 11 is 0. The molecule has 0 radical (unpaired) electrons. The standard InChI is InChI=1S/C17H22N2O3/c1-12-10-14-6-4-13(11-15(14)19-17(12)21)5-7-16(20)18-8-3-9-22-2/h4,6,10-11H,3,5,7-9H2,1-2H3,(H,18,20)(H,19,21). The molecule has 5 nitrogen and oxygen atoms in total. The Kier molecular flexibility index (Phi) is 5.72. The van der Waals surface area contributed by atoms with Gasteiger partial charge in [-0.05, 0) is 42.8 Å². The predicted octanol–water partition coefficient (Wildman–Crippen LogP) is 1.92. The van der Waals surface area contributed by atoms with Crippen LogP contribution in [0.2, 0.25) is 0 Å². The molecule has 1 amide bonds. The summed E-state index contributed by atoms with van der Waals surface area (Å²) in [7, 11) is 1.65. The van der Waals surface area contributed by atoms with Gasteiger partial charge in [0.25, 0.3) is 5.56 Å². The van der Waals surface area contributed by atoms with Gasteiger partial charge in [0, 0.05) is 37.8 Å². The molecule has 5 heteroatoms. The average Bonchev–Trinajstić information content (AvgIpc) is 2.51. The molecule has 0 saturated heterocycles. The number of rotatable bonds is 7. The number of aromatic amines is 1. The summed E-state index contributed by atoms with van der Waals surface area (Å²) in [6.07, 6.45) is 1.91. The molecule has 2 rings (SSSR count). The Hall–Kier alpha value is -2.14. The van der Waals surface area contributed by atoms with Crippen molar-refractivity contribution in [2.75, 3.05) is 20.3 Å². The summed E-state index contributed by atoms with van der Waals surface area (Å²) < 4.78 is 4.93. The maximum absolute atomic E-state index is 11.7. The van der Waals surface area contributed by atoms with E-state index in [0.29, 0.717) is 31.6 Å². The summed E-state index contributed by atoms with van der Waals surface area (Å²) in [4.78, 5) is 26.2. The first-order chi connectivity index (χ1) is 10.6. The fraction of sp³-hybridized carbons (Fsp3) is 0.412. The van der Waals surface area contributed by atoms with Crippen LogP contribution in [0.3, 0.4) is 0 Å². The molecule has 1 aromatic carbocycles. The number of aromatic nitrogens is 1. The lowest BCUT2D eigenvalue weighted by molar-refractivity contribution is -0.121. The number of nitrogens with one attached hydrogen (secondary N) is 2. The van der Waals surface area contributed by atoms with Crippen molar-refractivity contribution in [3.8, 4) is 0 Å². The van der Waals surface area contributed by atoms with Gasteiger partial charge < -0.3 is 15.0 Å². The zero-order chi connectivity index (χ0) is 15.9. The van der Waals surface area contributed by atoms with Crippen LogP contribution >= 0.6 is 0 Å². The van der Waals surface area contributed by atoms with Crippen molar-refractivity contribution in [1.29, 1.82) is 0 Å². The first-order valence-electron chi connectivity index (χ1n) is 7.48. The van der Waals surface area contributed by atoms with E-state index in [1.165, 1.54) is 0 Å². The Balaban J connectivity index is 1.93. The minimum Gasteiger partial charge on any atom is -0.385 e. The fourth-order valence-electron chi connectivity index (χ4n) is 2.30. The molecule has 0 saturated carbocycles. The quantitative estimate of drug-likeness (QED) is 0.768. The summed E-state index contributed by atoms with van der Waals surface area (Å²) in [5.41, 5.74) is 2.49. The van der Waals surface area contributed by atoms with Gasteiger partial charge in [0.1, 0.15) is 0 Å². The highest BCUT2D eigenvalue weighted by atomic mass is 16.5. The Morgan fingerprint density at radius 2 is 2.14 bits per heavy atom. The number of hydrogen-bond acceptors (Lipinski definition) is 3. The number of carbonyl (C=O) groups is 1. The van der Waals surface area contributed by atoms with Gasteiger partial charge in [-0.3, -0.25) is 9.59 Å². The molecule has 2 aromatic rings. The van der Waals surface area contributed by atoms with Crippen LogP contribution < -0.4 is 10.9 Å². The second kappa shape index (κ2) is 7.75. The van der Waals surface area contributed by atoms with E-state index in [0.717, 1.165) is 22.9 Å². The first kappa shape index (κ1) is 16.2. The van der Waals surface area contributed by atoms with Gasteiger partial charge in [-0.15, -0.1) is 0 Å². The lowest BCUT2D eigenvalue weighted by Crippen LogP contribution is -2.25. The van der Waals surface area contributed by atoms with E-state index in [1.54, 1.807) is 14.0 Å². The van der Waals surface area contributed by atoms with Crippen molar-refractivity contribution in [2.45, 2.75) is 26.2 Å². The minimum absolute atomic E-state index is 0.0357. The second-order valence-electron chi connectivity index (χ2n) is 5.40. The molecule has 1 heterocycles. The van der Waals surface area contributed by atoms with Crippen molar-refractivity contribution >= 4 is 16.8 Å². The number of pyridine rings is 1. The van der Waals surface area contributed by atoms with Crippen LogP contribution in [-0.4, -0.2) is 31.2 Å². The number of H-pyrrole nitrogens is 1. The number of amides is 1. The maximum atomic E-state index is 11.7. The molecule has 22 heavy (non-hydrogen) atoms. The Labute approximate surface area is 129 Å². The van der Waals surface area contributed by atoms with Crippen molar-refractivity contribution in [1.82, 2.24) is 10.3 Å². The number of fused-ring (bicyclic) bond motifs is 1. The lowest BCUT2D eigenvalue weighted by atomic mass is 10.1. The summed E-state index contributed by atoms with van der Waals surface area (Å²) in [6.45, 7) is 3.08. The Bertz CT molecular complexity index is 707. The molecular formula is C17H22N2O3. The average molecular weight is 302 g/mol. The van der Waals surface area contributed by atoms with Crippen LogP contribution in [0.25, 0.3) is 10.9 Å². The molecule has 0 aliphatic heterocycles. The topological polar surface area (TPSA) is 71.2 Å². The third kappa shape index (κ3) is 4.43. The number of ether oxygens (including phenoxy) is 1. The Morgan fingerprint density at radius 3 is 2.91 bits per heavy atom. The van der Waals surface area contributed by atoms with Gasteiger partial charge in [-0.25, -0.2) is 0 Å². The number of benzene rings is 1. The molecule has 0 fully saturated rings. The molecule has 0 spiro atoms. The van der Waals surface area contributed by atoms with E-state index in [-0.39, 0.29) is 11.5 Å². The van der Waals surface area contributed by atoms with Crippen LogP contribution in [0, 0.1) is 6.92 Å². The maximum Gasteiger partial charge on any atom is 0.251 e. The third-order valence-electron chi connectivity index (χ3n) is 3.58. The van der Waals surface area contributed by atoms with Crippen molar-refractivity contribution in [3.63, 3.8) is 0 Å². The minimum atomic E-state index is -0.0689. The van der Waals surface area contributed by atoms with E-state index in [1.807, 2.05) is 24.3 Å². The SMILES string of the molecule is COCCCNC(=O)CCc1ccc2cc(C)c(=O)[nH]c2c1. The molecule has 0 atom stereocenters. The van der Waals surface area contributed by atoms with Gasteiger partial charge in [-0.2, -0.15) is 0 Å². The first-order valence-corrected chi connectivity index (χ1v) is 7.48. The highest BCUT2D eigenvalue weighted by Gasteiger charge is 2.04. The highest BCUT2D eigenvalue weighted by Crippen LogP contribution is 2.14. The van der Waals surface area contributed by atoms with Gasteiger partial charge in [0.2, 0.25) is 5.91 Å². The van der Waals surface area contributed by atoms with Crippen molar-refractivity contribution in [3.05, 3.63) is 45.7 Å². The van der Waals surface area contributed by atoms with E-state index in [9.17, 15) is 9.59 Å². The highest BCUT2D eigenvalue weighted by molar-refractivity contribution is 5.80. The molecule has 2 N–H and O–H groups in total. The van der Waals surface area contributed by atoms with Gasteiger partial charge in [-0.1, -0.05) is 12.1 Å². The van der Waals surface area contributed by atoms with E-state index in [4.69, 9.17) is 4.74 Å². The monoisotopic (exact) mass is 302 g/mol. The number of carbonyl (C=O) groups excluding carboxylic acids is 1. The van der Waals surface area contributed by atoms with E-state index >= 15 is 0 Å². The van der Waals surface area contributed by atoms with Crippen molar-refractivity contribution in [2.24, 2.45) is 0 Å². The lowest BCUT2D eigenvalue weighted by Gasteiger charge is -2.06. The second-order valence-corrected chi connectivity index (χ2v) is 5.40. The summed E-state index contributed by atoms with van der Waals surface area (Å²) in [6, 6.07) is 7.79. The van der Waals surface area contributed by atoms with Crippen LogP contribution in [0.5, 0.6) is 0 Å². The van der Waals surface area contributed by atoms with Gasteiger partial charge in [0.05, 0.1) is 0 Å². The smallest absolute Gasteiger partial charge is 0.251 e. The zero-order valence-corrected chi connectivity index (χ0v) is 13.1. The Morgan fingerprint density at radius 1 is 1.32 bits per heavy atom. The van der Waals surface area contributed by atoms with Gasteiger partial charge >= 0.3 is 0 Å². The summed E-state index contributed by atoms with van der Waals surface area (Å²) in [5, 5.41) is 3.87. The molecule has 0 unspecified atom stereocenters. The van der Waals surface area contributed by atoms with Crippen LogP contribution in [0.4, 0.5) is 0 Å². The van der Waals surface area contributed by atoms with E-state index in [2.05, 4.69) is 10.3 Å². The molecule has 0 bridgehead atoms. The number of methoxy groups -OCH3 is 1. The van der Waals surface area contributed by atoms with Gasteiger partial charge in [0.15, 0.2) is 0 Å². The largest absolute Gasteiger partial charge is 0.385 e. The molecule has 0 aliphatic rings. The molecule has 0 aliphatic carbocycles. The normalized spacial score (nSPS) is 10.8. The fourth-order valence-corrected chi connectivity index (χ4v) is 2.30. The van der Waals surface area contributed by atoms with Crippen molar-refractivity contribution < 1.29 is 9.53 Å².